The number of esters is 1. The number of carbonyl (C=O) groups is 1. The summed E-state index contributed by atoms with van der Waals surface area (Å²) in [7, 11) is 0. The Morgan fingerprint density at radius 1 is 1.37 bits per heavy atom. The highest BCUT2D eigenvalue weighted by Gasteiger charge is 2.32. The first kappa shape index (κ1) is 14.1. The fourth-order valence-corrected chi connectivity index (χ4v) is 2.82. The van der Waals surface area contributed by atoms with Crippen LogP contribution < -0.4 is 0 Å². The van der Waals surface area contributed by atoms with Gasteiger partial charge in [-0.25, -0.2) is 0 Å². The maximum atomic E-state index is 12.0. The highest BCUT2D eigenvalue weighted by atomic mass is 16.5. The molecule has 2 rings (SSSR count). The average molecular weight is 261 g/mol. The molecule has 1 aromatic rings. The molecule has 3 nitrogen and oxygen atoms in total. The molecular weight excluding hydrogens is 238 g/mol. The van der Waals surface area contributed by atoms with Crippen LogP contribution in [0.5, 0.6) is 0 Å². The van der Waals surface area contributed by atoms with Crippen LogP contribution in [0.1, 0.15) is 36.5 Å². The lowest BCUT2D eigenvalue weighted by molar-refractivity contribution is -0.148. The Morgan fingerprint density at radius 2 is 2.05 bits per heavy atom. The third-order valence-electron chi connectivity index (χ3n) is 3.93. The van der Waals surface area contributed by atoms with Gasteiger partial charge < -0.3 is 4.74 Å². The van der Waals surface area contributed by atoms with Gasteiger partial charge in [-0.1, -0.05) is 18.2 Å². The molecule has 1 heterocycles. The first-order valence-electron chi connectivity index (χ1n) is 7.09. The Hall–Kier alpha value is -1.35. The van der Waals surface area contributed by atoms with E-state index in [2.05, 4.69) is 36.9 Å². The van der Waals surface area contributed by atoms with Crippen LogP contribution in [0, 0.1) is 13.8 Å². The Bertz CT molecular complexity index is 436. The predicted molar refractivity (Wildman–Crippen MR) is 76.0 cm³/mol. The van der Waals surface area contributed by atoms with Gasteiger partial charge in [-0.05, 0) is 56.8 Å². The Morgan fingerprint density at radius 3 is 2.68 bits per heavy atom. The van der Waals surface area contributed by atoms with E-state index in [0.717, 1.165) is 25.9 Å². The Balaban J connectivity index is 2.11. The molecule has 19 heavy (non-hydrogen) atoms. The standard InChI is InChI=1S/C16H23NO2/c1-4-19-16(18)15-9-6-10-17(15)11-14-12(2)7-5-8-13(14)3/h5,7-8,15H,4,6,9-11H2,1-3H3. The van der Waals surface area contributed by atoms with Gasteiger partial charge in [0.25, 0.3) is 0 Å². The lowest BCUT2D eigenvalue weighted by Crippen LogP contribution is -2.37. The van der Waals surface area contributed by atoms with Crippen LogP contribution in [-0.4, -0.2) is 30.1 Å². The highest BCUT2D eigenvalue weighted by Crippen LogP contribution is 2.24. The molecule has 1 saturated heterocycles. The summed E-state index contributed by atoms with van der Waals surface area (Å²) >= 11 is 0. The van der Waals surface area contributed by atoms with Crippen molar-refractivity contribution in [2.24, 2.45) is 0 Å². The van der Waals surface area contributed by atoms with E-state index in [4.69, 9.17) is 4.74 Å². The first-order chi connectivity index (χ1) is 9.13. The summed E-state index contributed by atoms with van der Waals surface area (Å²) in [4.78, 5) is 14.2. The number of nitrogens with zero attached hydrogens (tertiary/aromatic N) is 1. The van der Waals surface area contributed by atoms with Gasteiger partial charge in [0.15, 0.2) is 0 Å². The van der Waals surface area contributed by atoms with Crippen LogP contribution in [0.2, 0.25) is 0 Å². The van der Waals surface area contributed by atoms with E-state index < -0.39 is 0 Å². The predicted octanol–water partition coefficient (Wildman–Crippen LogP) is 2.83. The van der Waals surface area contributed by atoms with Gasteiger partial charge in [0, 0.05) is 6.54 Å². The molecule has 0 N–H and O–H groups in total. The van der Waals surface area contributed by atoms with Gasteiger partial charge in [0.05, 0.1) is 6.61 Å². The first-order valence-corrected chi connectivity index (χ1v) is 7.09. The molecular formula is C16H23NO2. The highest BCUT2D eigenvalue weighted by molar-refractivity contribution is 5.76. The fourth-order valence-electron chi connectivity index (χ4n) is 2.82. The van der Waals surface area contributed by atoms with Gasteiger partial charge >= 0.3 is 5.97 Å². The molecule has 1 aliphatic rings. The van der Waals surface area contributed by atoms with Gasteiger partial charge in [-0.3, -0.25) is 9.69 Å². The van der Waals surface area contributed by atoms with Gasteiger partial charge in [-0.15, -0.1) is 0 Å². The normalized spacial score (nSPS) is 19.6. The molecule has 0 spiro atoms. The average Bonchev–Trinajstić information content (AvgIpc) is 2.82. The molecule has 0 amide bonds. The van der Waals surface area contributed by atoms with Crippen molar-refractivity contribution in [1.82, 2.24) is 4.90 Å². The number of hydrogen-bond acceptors (Lipinski definition) is 3. The van der Waals surface area contributed by atoms with E-state index in [-0.39, 0.29) is 12.0 Å². The second-order valence-corrected chi connectivity index (χ2v) is 5.25. The number of hydrogen-bond donors (Lipinski definition) is 0. The summed E-state index contributed by atoms with van der Waals surface area (Å²) in [6, 6.07) is 6.30. The minimum atomic E-state index is -0.0637. The summed E-state index contributed by atoms with van der Waals surface area (Å²) in [6.45, 7) is 8.43. The summed E-state index contributed by atoms with van der Waals surface area (Å²) in [6.07, 6.45) is 2.00. The lowest BCUT2D eigenvalue weighted by Gasteiger charge is -2.24. The van der Waals surface area contributed by atoms with E-state index in [1.807, 2.05) is 6.92 Å². The number of carbonyl (C=O) groups excluding carboxylic acids is 1. The van der Waals surface area contributed by atoms with Crippen molar-refractivity contribution in [1.29, 1.82) is 0 Å². The molecule has 3 heteroatoms. The minimum Gasteiger partial charge on any atom is -0.465 e. The van der Waals surface area contributed by atoms with Crippen molar-refractivity contribution < 1.29 is 9.53 Å². The van der Waals surface area contributed by atoms with Gasteiger partial charge in [0.2, 0.25) is 0 Å². The molecule has 0 aromatic heterocycles. The van der Waals surface area contributed by atoms with Gasteiger partial charge in [-0.2, -0.15) is 0 Å². The summed E-state index contributed by atoms with van der Waals surface area (Å²) < 4.78 is 5.17. The summed E-state index contributed by atoms with van der Waals surface area (Å²) in [5.74, 6) is -0.0637. The largest absolute Gasteiger partial charge is 0.465 e. The van der Waals surface area contributed by atoms with Crippen LogP contribution in [-0.2, 0) is 16.1 Å². The van der Waals surface area contributed by atoms with E-state index in [9.17, 15) is 4.79 Å². The number of likely N-dealkylation sites (tertiary alicyclic amines) is 1. The minimum absolute atomic E-state index is 0.0565. The van der Waals surface area contributed by atoms with Crippen LogP contribution in [0.3, 0.4) is 0 Å². The molecule has 0 radical (unpaired) electrons. The number of rotatable bonds is 4. The quantitative estimate of drug-likeness (QED) is 0.781. The molecule has 1 unspecified atom stereocenters. The van der Waals surface area contributed by atoms with E-state index >= 15 is 0 Å². The number of benzene rings is 1. The van der Waals surface area contributed by atoms with Crippen molar-refractivity contribution in [2.75, 3.05) is 13.2 Å². The van der Waals surface area contributed by atoms with E-state index in [1.54, 1.807) is 0 Å². The molecule has 1 aromatic carbocycles. The maximum Gasteiger partial charge on any atom is 0.323 e. The number of ether oxygens (including phenoxy) is 1. The zero-order valence-electron chi connectivity index (χ0n) is 12.1. The molecule has 1 atom stereocenters. The zero-order valence-corrected chi connectivity index (χ0v) is 12.1. The van der Waals surface area contributed by atoms with Gasteiger partial charge in [0.1, 0.15) is 6.04 Å². The van der Waals surface area contributed by atoms with E-state index in [0.29, 0.717) is 6.61 Å². The second kappa shape index (κ2) is 6.20. The SMILES string of the molecule is CCOC(=O)C1CCCN1Cc1c(C)cccc1C. The molecule has 0 bridgehead atoms. The van der Waals surface area contributed by atoms with Crippen molar-refractivity contribution >= 4 is 5.97 Å². The van der Waals surface area contributed by atoms with E-state index in [1.165, 1.54) is 16.7 Å². The van der Waals surface area contributed by atoms with Crippen LogP contribution in [0.25, 0.3) is 0 Å². The Labute approximate surface area is 115 Å². The molecule has 1 fully saturated rings. The molecule has 0 aliphatic carbocycles. The topological polar surface area (TPSA) is 29.5 Å². The van der Waals surface area contributed by atoms with Crippen LogP contribution >= 0.6 is 0 Å². The van der Waals surface area contributed by atoms with Crippen molar-refractivity contribution in [2.45, 2.75) is 46.2 Å². The molecule has 1 aliphatic heterocycles. The monoisotopic (exact) mass is 261 g/mol. The maximum absolute atomic E-state index is 12.0. The summed E-state index contributed by atoms with van der Waals surface area (Å²) in [5, 5.41) is 0. The second-order valence-electron chi connectivity index (χ2n) is 5.25. The van der Waals surface area contributed by atoms with Crippen molar-refractivity contribution in [3.63, 3.8) is 0 Å². The zero-order chi connectivity index (χ0) is 13.8. The third kappa shape index (κ3) is 3.16. The summed E-state index contributed by atoms with van der Waals surface area (Å²) in [5.41, 5.74) is 3.95. The smallest absolute Gasteiger partial charge is 0.323 e. The molecule has 0 saturated carbocycles. The fraction of sp³-hybridized carbons (Fsp3) is 0.562. The van der Waals surface area contributed by atoms with Crippen molar-refractivity contribution in [3.8, 4) is 0 Å². The van der Waals surface area contributed by atoms with Crippen LogP contribution in [0.4, 0.5) is 0 Å². The lowest BCUT2D eigenvalue weighted by atomic mass is 10.0. The molecule has 104 valence electrons. The third-order valence-corrected chi connectivity index (χ3v) is 3.93. The van der Waals surface area contributed by atoms with Crippen molar-refractivity contribution in [3.05, 3.63) is 34.9 Å². The number of aryl methyl sites for hydroxylation is 2. The van der Waals surface area contributed by atoms with Crippen LogP contribution in [0.15, 0.2) is 18.2 Å². The Kier molecular flexibility index (Phi) is 4.59.